The molecule has 5 nitrogen and oxygen atoms in total. The van der Waals surface area contributed by atoms with Gasteiger partial charge in [0.05, 0.1) is 15.4 Å². The molecule has 2 aromatic rings. The predicted molar refractivity (Wildman–Crippen MR) is 78.3 cm³/mol. The van der Waals surface area contributed by atoms with Gasteiger partial charge in [-0.05, 0) is 37.1 Å². The lowest BCUT2D eigenvalue weighted by Gasteiger charge is -2.15. The molecule has 2 heterocycles. The molecule has 0 aliphatic carbocycles. The first-order valence-corrected chi connectivity index (χ1v) is 8.63. The first-order valence-electron chi connectivity index (χ1n) is 6.78. The summed E-state index contributed by atoms with van der Waals surface area (Å²) in [6.07, 6.45) is 3.20. The lowest BCUT2D eigenvalue weighted by atomic mass is 10.2. The van der Waals surface area contributed by atoms with E-state index < -0.39 is 9.73 Å². The summed E-state index contributed by atoms with van der Waals surface area (Å²) in [6.45, 7) is 1.76. The third-order valence-corrected chi connectivity index (χ3v) is 5.75. The first kappa shape index (κ1) is 13.3. The zero-order valence-electron chi connectivity index (χ0n) is 11.4. The number of nitrogens with zero attached hydrogens (tertiary/aromatic N) is 3. The van der Waals surface area contributed by atoms with Crippen molar-refractivity contribution in [3.63, 3.8) is 0 Å². The summed E-state index contributed by atoms with van der Waals surface area (Å²) < 4.78 is 21.9. The monoisotopic (exact) mass is 291 g/mol. The van der Waals surface area contributed by atoms with Crippen molar-refractivity contribution in [2.75, 3.05) is 11.5 Å². The molecule has 1 aliphatic heterocycles. The topological polar surface area (TPSA) is 68.3 Å². The van der Waals surface area contributed by atoms with E-state index in [1.807, 2.05) is 24.3 Å². The number of hydrogen-bond acceptors (Lipinski definition) is 5. The minimum atomic E-state index is -2.04. The molecule has 0 unspecified atom stereocenters. The third kappa shape index (κ3) is 2.90. The minimum absolute atomic E-state index is 0.541. The second kappa shape index (κ2) is 5.36. The zero-order valence-corrected chi connectivity index (χ0v) is 12.2. The van der Waals surface area contributed by atoms with E-state index in [0.717, 1.165) is 35.6 Å². The Morgan fingerprint density at radius 3 is 2.45 bits per heavy atom. The fraction of sp³-hybridized carbons (Fsp3) is 0.429. The maximum atomic E-state index is 12.5. The van der Waals surface area contributed by atoms with Gasteiger partial charge in [0.2, 0.25) is 11.7 Å². The molecule has 0 saturated carbocycles. The maximum absolute atomic E-state index is 12.5. The van der Waals surface area contributed by atoms with Gasteiger partial charge in [0.1, 0.15) is 0 Å². The van der Waals surface area contributed by atoms with Crippen LogP contribution in [0.1, 0.15) is 25.2 Å². The smallest absolute Gasteiger partial charge is 0.223 e. The molecule has 6 heteroatoms. The highest BCUT2D eigenvalue weighted by Gasteiger charge is 2.14. The Balaban J connectivity index is 1.86. The van der Waals surface area contributed by atoms with E-state index in [0.29, 0.717) is 11.7 Å². The maximum Gasteiger partial charge on any atom is 0.223 e. The Morgan fingerprint density at radius 1 is 1.15 bits per heavy atom. The molecule has 1 aromatic carbocycles. The van der Waals surface area contributed by atoms with E-state index in [9.17, 15) is 4.21 Å². The third-order valence-electron chi connectivity index (χ3n) is 3.35. The highest BCUT2D eigenvalue weighted by molar-refractivity contribution is 7.93. The molecule has 3 rings (SSSR count). The van der Waals surface area contributed by atoms with Crippen LogP contribution in [0.4, 0.5) is 5.69 Å². The van der Waals surface area contributed by atoms with Crippen LogP contribution < -0.4 is 0 Å². The SMILES string of the molecule is Cc1nc(-c2ccc(N=S3(=O)CCCCC3)cc2)no1. The van der Waals surface area contributed by atoms with Crippen LogP contribution >= 0.6 is 0 Å². The molecule has 0 bridgehead atoms. The molecule has 106 valence electrons. The summed E-state index contributed by atoms with van der Waals surface area (Å²) in [5.74, 6) is 2.55. The molecular formula is C14H17N3O2S. The standard InChI is InChI=1S/C14H17N3O2S/c1-11-15-14(16-19-11)12-5-7-13(8-6-12)17-20(18)9-3-2-4-10-20/h5-8H,2-4,9-10H2,1H3. The van der Waals surface area contributed by atoms with Crippen molar-refractivity contribution in [2.45, 2.75) is 26.2 Å². The second-order valence-electron chi connectivity index (χ2n) is 5.02. The summed E-state index contributed by atoms with van der Waals surface area (Å²) in [5.41, 5.74) is 1.64. The Morgan fingerprint density at radius 2 is 1.85 bits per heavy atom. The second-order valence-corrected chi connectivity index (χ2v) is 7.56. The predicted octanol–water partition coefficient (Wildman–Crippen LogP) is 3.33. The van der Waals surface area contributed by atoms with Crippen LogP contribution in [-0.4, -0.2) is 25.9 Å². The fourth-order valence-corrected chi connectivity index (χ4v) is 4.51. The lowest BCUT2D eigenvalue weighted by Crippen LogP contribution is -2.15. The average molecular weight is 291 g/mol. The number of benzene rings is 1. The van der Waals surface area contributed by atoms with E-state index >= 15 is 0 Å². The number of hydrogen-bond donors (Lipinski definition) is 0. The van der Waals surface area contributed by atoms with Crippen LogP contribution in [0.2, 0.25) is 0 Å². The normalized spacial score (nSPS) is 17.9. The summed E-state index contributed by atoms with van der Waals surface area (Å²) >= 11 is 0. The number of aromatic nitrogens is 2. The van der Waals surface area contributed by atoms with Crippen LogP contribution in [-0.2, 0) is 9.73 Å². The van der Waals surface area contributed by atoms with Crippen molar-refractivity contribution in [2.24, 2.45) is 4.36 Å². The first-order chi connectivity index (χ1) is 9.65. The van der Waals surface area contributed by atoms with Crippen LogP contribution in [0, 0.1) is 6.92 Å². The molecule has 0 spiro atoms. The molecular weight excluding hydrogens is 274 g/mol. The molecule has 1 aliphatic rings. The molecule has 0 radical (unpaired) electrons. The van der Waals surface area contributed by atoms with Crippen LogP contribution in [0.5, 0.6) is 0 Å². The highest BCUT2D eigenvalue weighted by atomic mass is 32.2. The summed E-state index contributed by atoms with van der Waals surface area (Å²) in [6, 6.07) is 7.49. The minimum Gasteiger partial charge on any atom is -0.339 e. The van der Waals surface area contributed by atoms with Gasteiger partial charge in [0, 0.05) is 24.0 Å². The van der Waals surface area contributed by atoms with Gasteiger partial charge in [-0.3, -0.25) is 0 Å². The number of rotatable bonds is 2. The van der Waals surface area contributed by atoms with Crippen molar-refractivity contribution in [1.29, 1.82) is 0 Å². The van der Waals surface area contributed by atoms with Gasteiger partial charge < -0.3 is 4.52 Å². The zero-order chi connectivity index (χ0) is 14.0. The quantitative estimate of drug-likeness (QED) is 0.851. The fourth-order valence-electron chi connectivity index (χ4n) is 2.31. The van der Waals surface area contributed by atoms with E-state index in [1.54, 1.807) is 6.92 Å². The van der Waals surface area contributed by atoms with Crippen molar-refractivity contribution in [3.8, 4) is 11.4 Å². The van der Waals surface area contributed by atoms with Gasteiger partial charge in [-0.1, -0.05) is 11.6 Å². The Bertz CT molecular complexity index is 700. The van der Waals surface area contributed by atoms with Crippen LogP contribution in [0.25, 0.3) is 11.4 Å². The van der Waals surface area contributed by atoms with Gasteiger partial charge >= 0.3 is 0 Å². The van der Waals surface area contributed by atoms with Crippen LogP contribution in [0.3, 0.4) is 0 Å². The molecule has 1 saturated heterocycles. The van der Waals surface area contributed by atoms with Gasteiger partial charge in [0.25, 0.3) is 0 Å². The lowest BCUT2D eigenvalue weighted by molar-refractivity contribution is 0.394. The Labute approximate surface area is 118 Å². The molecule has 1 aromatic heterocycles. The summed E-state index contributed by atoms with van der Waals surface area (Å²) in [4.78, 5) is 4.18. The Kier molecular flexibility index (Phi) is 3.56. The van der Waals surface area contributed by atoms with Gasteiger partial charge in [0.15, 0.2) is 0 Å². The van der Waals surface area contributed by atoms with E-state index in [4.69, 9.17) is 4.52 Å². The van der Waals surface area contributed by atoms with Crippen molar-refractivity contribution < 1.29 is 8.73 Å². The average Bonchev–Trinajstić information content (AvgIpc) is 2.87. The molecule has 0 amide bonds. The van der Waals surface area contributed by atoms with Gasteiger partial charge in [-0.15, -0.1) is 0 Å². The van der Waals surface area contributed by atoms with Gasteiger partial charge in [-0.2, -0.15) is 9.35 Å². The van der Waals surface area contributed by atoms with Crippen molar-refractivity contribution in [1.82, 2.24) is 10.1 Å². The Hall–Kier alpha value is -1.69. The van der Waals surface area contributed by atoms with Crippen molar-refractivity contribution >= 4 is 15.4 Å². The number of aryl methyl sites for hydroxylation is 1. The summed E-state index contributed by atoms with van der Waals surface area (Å²) in [5, 5.41) is 3.87. The molecule has 1 fully saturated rings. The van der Waals surface area contributed by atoms with E-state index in [2.05, 4.69) is 14.5 Å². The highest BCUT2D eigenvalue weighted by Crippen LogP contribution is 2.23. The van der Waals surface area contributed by atoms with E-state index in [1.165, 1.54) is 6.42 Å². The van der Waals surface area contributed by atoms with Crippen molar-refractivity contribution in [3.05, 3.63) is 30.2 Å². The summed E-state index contributed by atoms with van der Waals surface area (Å²) in [7, 11) is -2.04. The van der Waals surface area contributed by atoms with Gasteiger partial charge in [-0.25, -0.2) is 4.21 Å². The molecule has 0 atom stereocenters. The largest absolute Gasteiger partial charge is 0.339 e. The molecule has 0 N–H and O–H groups in total. The molecule has 20 heavy (non-hydrogen) atoms. The van der Waals surface area contributed by atoms with E-state index in [-0.39, 0.29) is 0 Å². The van der Waals surface area contributed by atoms with Crippen LogP contribution in [0.15, 0.2) is 33.2 Å².